The second-order valence-electron chi connectivity index (χ2n) is 9.38. The maximum Gasteiger partial charge on any atom is 0.138 e. The van der Waals surface area contributed by atoms with E-state index >= 15 is 0 Å². The fourth-order valence-electron chi connectivity index (χ4n) is 5.64. The average Bonchev–Trinajstić information content (AvgIpc) is 3.34. The van der Waals surface area contributed by atoms with Gasteiger partial charge in [-0.25, -0.2) is 4.98 Å². The average molecular weight is 439 g/mol. The van der Waals surface area contributed by atoms with Crippen LogP contribution in [-0.4, -0.2) is 19.5 Å². The van der Waals surface area contributed by atoms with Gasteiger partial charge in [-0.3, -0.25) is 14.5 Å². The third-order valence-electron chi connectivity index (χ3n) is 7.14. The highest BCUT2D eigenvalue weighted by molar-refractivity contribution is 6.11. The molecule has 34 heavy (non-hydrogen) atoms. The van der Waals surface area contributed by atoms with E-state index in [0.717, 1.165) is 33.5 Å². The van der Waals surface area contributed by atoms with Crippen LogP contribution in [0.2, 0.25) is 0 Å². The van der Waals surface area contributed by atoms with Crippen molar-refractivity contribution in [3.63, 3.8) is 0 Å². The standard InChI is InChI=1S/C30H22N4/c1-30(2)23-8-4-3-7-20(23)21-12-13-22-28-25(10-6-16-32-28)34(29(22)27(21)30)26-11-5-9-24(33-26)19-14-17-31-18-15-19/h3-18H,1-2H3. The third kappa shape index (κ3) is 2.51. The second-order valence-corrected chi connectivity index (χ2v) is 9.38. The zero-order valence-corrected chi connectivity index (χ0v) is 19.0. The third-order valence-corrected chi connectivity index (χ3v) is 7.14. The van der Waals surface area contributed by atoms with Crippen molar-refractivity contribution in [3.05, 3.63) is 109 Å². The van der Waals surface area contributed by atoms with Crippen LogP contribution in [0.15, 0.2) is 97.5 Å². The minimum Gasteiger partial charge on any atom is -0.292 e. The molecule has 1 aliphatic carbocycles. The van der Waals surface area contributed by atoms with Gasteiger partial charge in [0.05, 0.1) is 22.2 Å². The second kappa shape index (κ2) is 6.84. The lowest BCUT2D eigenvalue weighted by molar-refractivity contribution is 0.663. The molecular formula is C30H22N4. The van der Waals surface area contributed by atoms with E-state index in [1.54, 1.807) is 12.4 Å². The first-order chi connectivity index (χ1) is 16.6. The van der Waals surface area contributed by atoms with Gasteiger partial charge in [0.2, 0.25) is 0 Å². The number of hydrogen-bond donors (Lipinski definition) is 0. The van der Waals surface area contributed by atoms with Gasteiger partial charge in [0.25, 0.3) is 0 Å². The van der Waals surface area contributed by atoms with E-state index in [1.807, 2.05) is 24.4 Å². The monoisotopic (exact) mass is 438 g/mol. The van der Waals surface area contributed by atoms with Crippen LogP contribution in [0, 0.1) is 0 Å². The number of fused-ring (bicyclic) bond motifs is 7. The molecular weight excluding hydrogens is 416 g/mol. The lowest BCUT2D eigenvalue weighted by atomic mass is 9.81. The molecule has 4 nitrogen and oxygen atoms in total. The minimum absolute atomic E-state index is 0.139. The smallest absolute Gasteiger partial charge is 0.138 e. The summed E-state index contributed by atoms with van der Waals surface area (Å²) >= 11 is 0. The SMILES string of the molecule is CC1(C)c2ccccc2-c2ccc3c4ncccc4n(-c4cccc(-c5ccncc5)n4)c3c21. The van der Waals surface area contributed by atoms with E-state index in [9.17, 15) is 0 Å². The molecule has 6 aromatic rings. The Balaban J connectivity index is 1.61. The molecule has 0 N–H and O–H groups in total. The summed E-state index contributed by atoms with van der Waals surface area (Å²) in [7, 11) is 0. The summed E-state index contributed by atoms with van der Waals surface area (Å²) in [5, 5.41) is 1.16. The van der Waals surface area contributed by atoms with Crippen molar-refractivity contribution in [2.45, 2.75) is 19.3 Å². The van der Waals surface area contributed by atoms with E-state index < -0.39 is 0 Å². The molecule has 0 atom stereocenters. The number of aromatic nitrogens is 4. The molecule has 4 aromatic heterocycles. The lowest BCUT2D eigenvalue weighted by Gasteiger charge is -2.23. The van der Waals surface area contributed by atoms with Gasteiger partial charge in [-0.15, -0.1) is 0 Å². The maximum atomic E-state index is 5.12. The first-order valence-corrected chi connectivity index (χ1v) is 11.5. The Morgan fingerprint density at radius 2 is 1.59 bits per heavy atom. The lowest BCUT2D eigenvalue weighted by Crippen LogP contribution is -2.16. The van der Waals surface area contributed by atoms with Crippen molar-refractivity contribution in [1.29, 1.82) is 0 Å². The zero-order chi connectivity index (χ0) is 22.9. The molecule has 7 rings (SSSR count). The summed E-state index contributed by atoms with van der Waals surface area (Å²) in [6, 6.07) is 27.6. The van der Waals surface area contributed by atoms with E-state index in [1.165, 1.54) is 27.8 Å². The fourth-order valence-corrected chi connectivity index (χ4v) is 5.64. The normalized spacial score (nSPS) is 13.8. The zero-order valence-electron chi connectivity index (χ0n) is 19.0. The number of hydrogen-bond acceptors (Lipinski definition) is 3. The van der Waals surface area contributed by atoms with Crippen molar-refractivity contribution >= 4 is 21.9 Å². The van der Waals surface area contributed by atoms with Gasteiger partial charge in [-0.1, -0.05) is 50.2 Å². The van der Waals surface area contributed by atoms with Crippen LogP contribution in [0.4, 0.5) is 0 Å². The molecule has 0 bridgehead atoms. The Bertz CT molecular complexity index is 1730. The maximum absolute atomic E-state index is 5.12. The van der Waals surface area contributed by atoms with E-state index in [2.05, 4.69) is 84.1 Å². The summed E-state index contributed by atoms with van der Waals surface area (Å²) in [5.74, 6) is 0.891. The number of benzene rings is 2. The molecule has 4 heteroatoms. The summed E-state index contributed by atoms with van der Waals surface area (Å²) in [6.45, 7) is 4.65. The molecule has 0 unspecified atom stereocenters. The summed E-state index contributed by atoms with van der Waals surface area (Å²) in [5.41, 5.74) is 10.4. The first kappa shape index (κ1) is 19.2. The van der Waals surface area contributed by atoms with Gasteiger partial charge >= 0.3 is 0 Å². The molecule has 0 aliphatic heterocycles. The molecule has 0 spiro atoms. The van der Waals surface area contributed by atoms with Crippen LogP contribution >= 0.6 is 0 Å². The molecule has 162 valence electrons. The molecule has 0 saturated heterocycles. The largest absolute Gasteiger partial charge is 0.292 e. The highest BCUT2D eigenvalue weighted by Gasteiger charge is 2.38. The van der Waals surface area contributed by atoms with Gasteiger partial charge in [0.1, 0.15) is 5.82 Å². The Kier molecular flexibility index (Phi) is 3.86. The van der Waals surface area contributed by atoms with Gasteiger partial charge in [0, 0.05) is 35.0 Å². The van der Waals surface area contributed by atoms with Crippen LogP contribution in [0.3, 0.4) is 0 Å². The van der Waals surface area contributed by atoms with Gasteiger partial charge in [-0.2, -0.15) is 0 Å². The van der Waals surface area contributed by atoms with Crippen LogP contribution in [0.5, 0.6) is 0 Å². The van der Waals surface area contributed by atoms with Gasteiger partial charge in [0.15, 0.2) is 0 Å². The van der Waals surface area contributed by atoms with E-state index in [-0.39, 0.29) is 5.41 Å². The van der Waals surface area contributed by atoms with E-state index in [0.29, 0.717) is 0 Å². The van der Waals surface area contributed by atoms with Gasteiger partial charge < -0.3 is 0 Å². The van der Waals surface area contributed by atoms with Crippen LogP contribution in [0.25, 0.3) is 50.1 Å². The number of rotatable bonds is 2. The highest BCUT2D eigenvalue weighted by atomic mass is 15.1. The highest BCUT2D eigenvalue weighted by Crippen LogP contribution is 2.52. The molecule has 0 fully saturated rings. The Morgan fingerprint density at radius 1 is 0.735 bits per heavy atom. The molecule has 2 aromatic carbocycles. The van der Waals surface area contributed by atoms with Crippen molar-refractivity contribution in [3.8, 4) is 28.2 Å². The Hall–Kier alpha value is -4.31. The quantitative estimate of drug-likeness (QED) is 0.294. The first-order valence-electron chi connectivity index (χ1n) is 11.5. The number of nitrogens with zero attached hydrogens (tertiary/aromatic N) is 4. The van der Waals surface area contributed by atoms with Crippen molar-refractivity contribution in [2.24, 2.45) is 0 Å². The van der Waals surface area contributed by atoms with Crippen molar-refractivity contribution in [1.82, 2.24) is 19.5 Å². The Morgan fingerprint density at radius 3 is 2.47 bits per heavy atom. The Labute approximate surface area is 197 Å². The fraction of sp³-hybridized carbons (Fsp3) is 0.100. The summed E-state index contributed by atoms with van der Waals surface area (Å²) in [6.07, 6.45) is 5.49. The molecule has 4 heterocycles. The molecule has 1 aliphatic rings. The predicted octanol–water partition coefficient (Wildman–Crippen LogP) is 6.94. The van der Waals surface area contributed by atoms with E-state index in [4.69, 9.17) is 9.97 Å². The predicted molar refractivity (Wildman–Crippen MR) is 137 cm³/mol. The summed E-state index contributed by atoms with van der Waals surface area (Å²) < 4.78 is 2.30. The topological polar surface area (TPSA) is 43.6 Å². The molecule has 0 saturated carbocycles. The minimum atomic E-state index is -0.139. The molecule has 0 amide bonds. The number of pyridine rings is 3. The molecule has 0 radical (unpaired) electrons. The van der Waals surface area contributed by atoms with Crippen LogP contribution < -0.4 is 0 Å². The summed E-state index contributed by atoms with van der Waals surface area (Å²) in [4.78, 5) is 14.1. The van der Waals surface area contributed by atoms with Crippen molar-refractivity contribution < 1.29 is 0 Å². The van der Waals surface area contributed by atoms with Crippen LogP contribution in [0.1, 0.15) is 25.0 Å². The van der Waals surface area contributed by atoms with Crippen LogP contribution in [-0.2, 0) is 5.41 Å². The van der Waals surface area contributed by atoms with Gasteiger partial charge in [-0.05, 0) is 64.7 Å². The van der Waals surface area contributed by atoms with Crippen molar-refractivity contribution in [2.75, 3.05) is 0 Å².